The summed E-state index contributed by atoms with van der Waals surface area (Å²) >= 11 is 5.00. The average molecular weight is 288 g/mol. The van der Waals surface area contributed by atoms with E-state index in [4.69, 9.17) is 0 Å². The van der Waals surface area contributed by atoms with E-state index in [0.29, 0.717) is 0 Å². The molecule has 0 aliphatic heterocycles. The van der Waals surface area contributed by atoms with Crippen molar-refractivity contribution >= 4 is 33.2 Å². The normalized spacial score (nSPS) is 16.1. The maximum atomic E-state index is 11.8. The van der Waals surface area contributed by atoms with E-state index in [1.165, 1.54) is 16.9 Å². The summed E-state index contributed by atoms with van der Waals surface area (Å²) in [4.78, 5) is 14.1. The SMILES string of the molecule is CC(CBr)NC(=O)c1cc2c(s1)CCC2. The highest BCUT2D eigenvalue weighted by molar-refractivity contribution is 9.09. The van der Waals surface area contributed by atoms with Gasteiger partial charge in [0.2, 0.25) is 0 Å². The number of halogens is 1. The molecule has 1 aliphatic carbocycles. The number of hydrogen-bond donors (Lipinski definition) is 1. The molecule has 0 saturated carbocycles. The Labute approximate surface area is 102 Å². The van der Waals surface area contributed by atoms with Crippen LogP contribution < -0.4 is 5.32 Å². The van der Waals surface area contributed by atoms with Gasteiger partial charge in [0.1, 0.15) is 0 Å². The third kappa shape index (κ3) is 2.42. The van der Waals surface area contributed by atoms with E-state index in [1.807, 2.05) is 6.92 Å². The topological polar surface area (TPSA) is 29.1 Å². The van der Waals surface area contributed by atoms with Crippen LogP contribution in [0.4, 0.5) is 0 Å². The van der Waals surface area contributed by atoms with Crippen molar-refractivity contribution < 1.29 is 4.79 Å². The second kappa shape index (κ2) is 4.66. The number of rotatable bonds is 3. The fourth-order valence-corrected chi connectivity index (χ4v) is 3.09. The van der Waals surface area contributed by atoms with E-state index in [2.05, 4.69) is 27.3 Å². The zero-order valence-corrected chi connectivity index (χ0v) is 11.1. The van der Waals surface area contributed by atoms with Gasteiger partial charge < -0.3 is 5.32 Å². The van der Waals surface area contributed by atoms with Crippen molar-refractivity contribution in [3.63, 3.8) is 0 Å². The number of carbonyl (C=O) groups excluding carboxylic acids is 1. The molecule has 0 saturated heterocycles. The molecule has 0 radical (unpaired) electrons. The summed E-state index contributed by atoms with van der Waals surface area (Å²) in [5.41, 5.74) is 1.39. The van der Waals surface area contributed by atoms with Gasteiger partial charge in [-0.25, -0.2) is 0 Å². The maximum Gasteiger partial charge on any atom is 0.261 e. The number of fused-ring (bicyclic) bond motifs is 1. The van der Waals surface area contributed by atoms with Crippen LogP contribution in [0.15, 0.2) is 6.07 Å². The smallest absolute Gasteiger partial charge is 0.261 e. The minimum atomic E-state index is 0.0707. The average Bonchev–Trinajstić information content (AvgIpc) is 2.76. The highest BCUT2D eigenvalue weighted by Crippen LogP contribution is 2.30. The first kappa shape index (κ1) is 11.1. The van der Waals surface area contributed by atoms with Crippen LogP contribution in [0.2, 0.25) is 0 Å². The molecule has 1 atom stereocenters. The van der Waals surface area contributed by atoms with Gasteiger partial charge in [0.25, 0.3) is 5.91 Å². The molecule has 1 N–H and O–H groups in total. The largest absolute Gasteiger partial charge is 0.348 e. The number of nitrogens with one attached hydrogen (secondary N) is 1. The van der Waals surface area contributed by atoms with Gasteiger partial charge in [-0.3, -0.25) is 4.79 Å². The summed E-state index contributed by atoms with van der Waals surface area (Å²) in [6, 6.07) is 2.25. The Hall–Kier alpha value is -0.350. The standard InChI is InChI=1S/C11H14BrNOS/c1-7(6-12)13-11(14)10-5-8-3-2-4-9(8)15-10/h5,7H,2-4,6H2,1H3,(H,13,14). The summed E-state index contributed by atoms with van der Waals surface area (Å²) in [5.74, 6) is 0.0707. The van der Waals surface area contributed by atoms with Crippen molar-refractivity contribution in [3.8, 4) is 0 Å². The zero-order valence-electron chi connectivity index (χ0n) is 8.68. The van der Waals surface area contributed by atoms with Crippen LogP contribution in [-0.4, -0.2) is 17.3 Å². The van der Waals surface area contributed by atoms with Gasteiger partial charge in [0, 0.05) is 16.2 Å². The van der Waals surface area contributed by atoms with Crippen LogP contribution in [-0.2, 0) is 12.8 Å². The molecule has 4 heteroatoms. The maximum absolute atomic E-state index is 11.8. The second-order valence-electron chi connectivity index (χ2n) is 3.94. The van der Waals surface area contributed by atoms with E-state index >= 15 is 0 Å². The monoisotopic (exact) mass is 287 g/mol. The first-order chi connectivity index (χ1) is 7.20. The molecule has 1 heterocycles. The molecule has 2 nitrogen and oxygen atoms in total. The highest BCUT2D eigenvalue weighted by atomic mass is 79.9. The van der Waals surface area contributed by atoms with Crippen molar-refractivity contribution in [2.75, 3.05) is 5.33 Å². The highest BCUT2D eigenvalue weighted by Gasteiger charge is 2.18. The molecule has 0 aromatic carbocycles. The third-order valence-electron chi connectivity index (χ3n) is 2.58. The predicted molar refractivity (Wildman–Crippen MR) is 67.1 cm³/mol. The van der Waals surface area contributed by atoms with Gasteiger partial charge in [0.05, 0.1) is 4.88 Å². The van der Waals surface area contributed by atoms with Crippen molar-refractivity contribution in [1.82, 2.24) is 5.32 Å². The second-order valence-corrected chi connectivity index (χ2v) is 5.73. The molecule has 82 valence electrons. The molecule has 2 rings (SSSR count). The summed E-state index contributed by atoms with van der Waals surface area (Å²) in [7, 11) is 0. The van der Waals surface area contributed by atoms with Crippen LogP contribution in [0.3, 0.4) is 0 Å². The number of alkyl halides is 1. The number of thiophene rings is 1. The van der Waals surface area contributed by atoms with Crippen molar-refractivity contribution in [1.29, 1.82) is 0 Å². The summed E-state index contributed by atoms with van der Waals surface area (Å²) < 4.78 is 0. The molecule has 1 aromatic rings. The third-order valence-corrected chi connectivity index (χ3v) is 4.79. The lowest BCUT2D eigenvalue weighted by Crippen LogP contribution is -2.33. The van der Waals surface area contributed by atoms with Crippen LogP contribution in [0.25, 0.3) is 0 Å². The number of carbonyl (C=O) groups is 1. The van der Waals surface area contributed by atoms with Crippen molar-refractivity contribution in [2.45, 2.75) is 32.2 Å². The van der Waals surface area contributed by atoms with Gasteiger partial charge in [-0.15, -0.1) is 11.3 Å². The Morgan fingerprint density at radius 3 is 3.13 bits per heavy atom. The fourth-order valence-electron chi connectivity index (χ4n) is 1.77. The molecular weight excluding hydrogens is 274 g/mol. The van der Waals surface area contributed by atoms with E-state index in [-0.39, 0.29) is 11.9 Å². The van der Waals surface area contributed by atoms with E-state index in [9.17, 15) is 4.79 Å². The molecule has 1 amide bonds. The Balaban J connectivity index is 2.06. The molecule has 15 heavy (non-hydrogen) atoms. The van der Waals surface area contributed by atoms with Crippen LogP contribution in [0.1, 0.15) is 33.5 Å². The van der Waals surface area contributed by atoms with E-state index in [1.54, 1.807) is 11.3 Å². The van der Waals surface area contributed by atoms with Gasteiger partial charge in [0.15, 0.2) is 0 Å². The number of hydrogen-bond acceptors (Lipinski definition) is 2. The molecular formula is C11H14BrNOS. The minimum Gasteiger partial charge on any atom is -0.348 e. The molecule has 1 aromatic heterocycles. The Bertz CT molecular complexity index is 353. The first-order valence-electron chi connectivity index (χ1n) is 5.19. The van der Waals surface area contributed by atoms with Crippen molar-refractivity contribution in [3.05, 3.63) is 21.4 Å². The molecule has 1 unspecified atom stereocenters. The quantitative estimate of drug-likeness (QED) is 0.851. The first-order valence-corrected chi connectivity index (χ1v) is 7.13. The molecule has 0 spiro atoms. The number of aryl methyl sites for hydroxylation is 2. The lowest BCUT2D eigenvalue weighted by atomic mass is 10.2. The molecule has 0 bridgehead atoms. The Kier molecular flexibility index (Phi) is 3.46. The lowest BCUT2D eigenvalue weighted by molar-refractivity contribution is 0.0948. The fraction of sp³-hybridized carbons (Fsp3) is 0.545. The number of amides is 1. The Morgan fingerprint density at radius 1 is 1.67 bits per heavy atom. The van der Waals surface area contributed by atoms with Gasteiger partial charge >= 0.3 is 0 Å². The summed E-state index contributed by atoms with van der Waals surface area (Å²) in [6.07, 6.45) is 3.55. The van der Waals surface area contributed by atoms with Gasteiger partial charge in [-0.05, 0) is 37.8 Å². The van der Waals surface area contributed by atoms with Crippen molar-refractivity contribution in [2.24, 2.45) is 0 Å². The molecule has 0 fully saturated rings. The zero-order chi connectivity index (χ0) is 10.8. The summed E-state index contributed by atoms with van der Waals surface area (Å²) in [5, 5.41) is 3.75. The van der Waals surface area contributed by atoms with Crippen LogP contribution in [0, 0.1) is 0 Å². The predicted octanol–water partition coefficient (Wildman–Crippen LogP) is 2.75. The van der Waals surface area contributed by atoms with Crippen LogP contribution in [0.5, 0.6) is 0 Å². The lowest BCUT2D eigenvalue weighted by Gasteiger charge is -2.08. The summed E-state index contributed by atoms with van der Waals surface area (Å²) in [6.45, 7) is 1.99. The molecule has 1 aliphatic rings. The van der Waals surface area contributed by atoms with Gasteiger partial charge in [-0.1, -0.05) is 15.9 Å². The van der Waals surface area contributed by atoms with E-state index in [0.717, 1.165) is 23.0 Å². The van der Waals surface area contributed by atoms with Gasteiger partial charge in [-0.2, -0.15) is 0 Å². The van der Waals surface area contributed by atoms with E-state index < -0.39 is 0 Å². The minimum absolute atomic E-state index is 0.0707. The van der Waals surface area contributed by atoms with Crippen LogP contribution >= 0.6 is 27.3 Å². The Morgan fingerprint density at radius 2 is 2.47 bits per heavy atom.